The largest absolute Gasteiger partial charge is 0.489 e. The van der Waals surface area contributed by atoms with Gasteiger partial charge in [0.25, 0.3) is 0 Å². The van der Waals surface area contributed by atoms with Crippen LogP contribution in [0.3, 0.4) is 0 Å². The molecule has 0 spiro atoms. The highest BCUT2D eigenvalue weighted by atomic mass is 16.5. The molecule has 152 valence electrons. The van der Waals surface area contributed by atoms with Crippen molar-refractivity contribution in [1.82, 2.24) is 0 Å². The van der Waals surface area contributed by atoms with Gasteiger partial charge in [-0.05, 0) is 78.1 Å². The molecular weight excluding hydrogens is 356 g/mol. The molecule has 0 aliphatic rings. The first-order valence-corrected chi connectivity index (χ1v) is 10.7. The van der Waals surface area contributed by atoms with Crippen molar-refractivity contribution in [3.63, 3.8) is 0 Å². The molecule has 29 heavy (non-hydrogen) atoms. The van der Waals surface area contributed by atoms with Gasteiger partial charge in [0.2, 0.25) is 0 Å². The minimum absolute atomic E-state index is 0.243. The molecule has 1 N–H and O–H groups in total. The van der Waals surface area contributed by atoms with E-state index in [0.29, 0.717) is 6.61 Å². The van der Waals surface area contributed by atoms with Crippen LogP contribution >= 0.6 is 0 Å². The fraction of sp³-hybridized carbons (Fsp3) is 0.333. The van der Waals surface area contributed by atoms with Crippen molar-refractivity contribution >= 4 is 0 Å². The van der Waals surface area contributed by atoms with Gasteiger partial charge in [-0.2, -0.15) is 0 Å². The average molecular weight is 389 g/mol. The SMILES string of the molecule is CCc1cc(CCCO)ccc1-c1ccc(OCc2ccc(C)cc2)cc1CC. The van der Waals surface area contributed by atoms with E-state index in [2.05, 4.69) is 81.4 Å². The number of ether oxygens (including phenoxy) is 1. The third-order valence-electron chi connectivity index (χ3n) is 5.45. The van der Waals surface area contributed by atoms with Gasteiger partial charge in [0.15, 0.2) is 0 Å². The van der Waals surface area contributed by atoms with Crippen LogP contribution in [0.4, 0.5) is 0 Å². The first kappa shape index (κ1) is 21.1. The summed E-state index contributed by atoms with van der Waals surface area (Å²) in [5.74, 6) is 0.920. The molecule has 0 aromatic heterocycles. The van der Waals surface area contributed by atoms with Crippen molar-refractivity contribution in [2.24, 2.45) is 0 Å². The summed E-state index contributed by atoms with van der Waals surface area (Å²) in [4.78, 5) is 0. The van der Waals surface area contributed by atoms with Crippen LogP contribution in [0.5, 0.6) is 5.75 Å². The van der Waals surface area contributed by atoms with E-state index in [1.54, 1.807) is 0 Å². The van der Waals surface area contributed by atoms with Gasteiger partial charge in [-0.1, -0.05) is 67.9 Å². The van der Waals surface area contributed by atoms with Gasteiger partial charge < -0.3 is 9.84 Å². The number of rotatable bonds is 9. The number of benzene rings is 3. The summed E-state index contributed by atoms with van der Waals surface area (Å²) in [6, 6.07) is 21.7. The zero-order valence-electron chi connectivity index (χ0n) is 17.9. The third kappa shape index (κ3) is 5.48. The van der Waals surface area contributed by atoms with E-state index in [4.69, 9.17) is 9.84 Å². The lowest BCUT2D eigenvalue weighted by atomic mass is 9.91. The van der Waals surface area contributed by atoms with Gasteiger partial charge in [0, 0.05) is 6.61 Å². The molecule has 0 fully saturated rings. The number of aryl methyl sites for hydroxylation is 4. The van der Waals surface area contributed by atoms with Gasteiger partial charge in [0.05, 0.1) is 0 Å². The molecule has 0 amide bonds. The molecule has 0 aliphatic heterocycles. The zero-order chi connectivity index (χ0) is 20.6. The minimum Gasteiger partial charge on any atom is -0.489 e. The van der Waals surface area contributed by atoms with Crippen LogP contribution in [0.2, 0.25) is 0 Å². The van der Waals surface area contributed by atoms with Crippen molar-refractivity contribution in [1.29, 1.82) is 0 Å². The van der Waals surface area contributed by atoms with Crippen molar-refractivity contribution in [2.75, 3.05) is 6.61 Å². The van der Waals surface area contributed by atoms with Crippen molar-refractivity contribution in [3.05, 3.63) is 88.5 Å². The maximum atomic E-state index is 9.10. The van der Waals surface area contributed by atoms with E-state index in [1.807, 2.05) is 0 Å². The van der Waals surface area contributed by atoms with Crippen LogP contribution in [-0.4, -0.2) is 11.7 Å². The van der Waals surface area contributed by atoms with E-state index in [1.165, 1.54) is 38.9 Å². The van der Waals surface area contributed by atoms with E-state index in [9.17, 15) is 0 Å². The lowest BCUT2D eigenvalue weighted by Crippen LogP contribution is -1.99. The van der Waals surface area contributed by atoms with Gasteiger partial charge in [-0.3, -0.25) is 0 Å². The van der Waals surface area contributed by atoms with Gasteiger partial charge >= 0.3 is 0 Å². The topological polar surface area (TPSA) is 29.5 Å². The molecule has 2 nitrogen and oxygen atoms in total. The Morgan fingerprint density at radius 1 is 0.759 bits per heavy atom. The fourth-order valence-corrected chi connectivity index (χ4v) is 3.71. The molecule has 0 radical (unpaired) electrons. The van der Waals surface area contributed by atoms with Gasteiger partial charge in [-0.15, -0.1) is 0 Å². The molecule has 3 aromatic rings. The first-order chi connectivity index (χ1) is 14.1. The molecule has 0 bridgehead atoms. The van der Waals surface area contributed by atoms with Crippen molar-refractivity contribution < 1.29 is 9.84 Å². The molecule has 0 saturated heterocycles. The van der Waals surface area contributed by atoms with Crippen LogP contribution in [0.25, 0.3) is 11.1 Å². The predicted molar refractivity (Wildman–Crippen MR) is 122 cm³/mol. The maximum absolute atomic E-state index is 9.10. The molecule has 0 saturated carbocycles. The van der Waals surface area contributed by atoms with E-state index < -0.39 is 0 Å². The number of aliphatic hydroxyl groups excluding tert-OH is 1. The summed E-state index contributed by atoms with van der Waals surface area (Å²) in [5, 5.41) is 9.10. The smallest absolute Gasteiger partial charge is 0.120 e. The summed E-state index contributed by atoms with van der Waals surface area (Å²) in [5.41, 5.74) is 9.02. The molecule has 3 rings (SSSR count). The van der Waals surface area contributed by atoms with Crippen LogP contribution in [0, 0.1) is 6.92 Å². The monoisotopic (exact) mass is 388 g/mol. The molecule has 0 heterocycles. The Bertz CT molecular complexity index is 926. The van der Waals surface area contributed by atoms with Crippen LogP contribution < -0.4 is 4.74 Å². The molecule has 3 aromatic carbocycles. The summed E-state index contributed by atoms with van der Waals surface area (Å²) >= 11 is 0. The lowest BCUT2D eigenvalue weighted by Gasteiger charge is -2.16. The molecule has 2 heteroatoms. The Hall–Kier alpha value is -2.58. The summed E-state index contributed by atoms with van der Waals surface area (Å²) in [6.07, 6.45) is 3.70. The number of hydrogen-bond acceptors (Lipinski definition) is 2. The molecular formula is C27H32O2. The van der Waals surface area contributed by atoms with Crippen molar-refractivity contribution in [2.45, 2.75) is 53.1 Å². The van der Waals surface area contributed by atoms with Crippen LogP contribution in [0.15, 0.2) is 60.7 Å². The van der Waals surface area contributed by atoms with Gasteiger partial charge in [0.1, 0.15) is 12.4 Å². The quantitative estimate of drug-likeness (QED) is 0.467. The lowest BCUT2D eigenvalue weighted by molar-refractivity contribution is 0.288. The van der Waals surface area contributed by atoms with E-state index in [-0.39, 0.29) is 6.61 Å². The first-order valence-electron chi connectivity index (χ1n) is 10.7. The second kappa shape index (κ2) is 10.3. The third-order valence-corrected chi connectivity index (χ3v) is 5.45. The highest BCUT2D eigenvalue weighted by Crippen LogP contribution is 2.32. The fourth-order valence-electron chi connectivity index (χ4n) is 3.71. The molecule has 0 aliphatic carbocycles. The molecule has 0 unspecified atom stereocenters. The number of aliphatic hydroxyl groups is 1. The highest BCUT2D eigenvalue weighted by molar-refractivity contribution is 5.72. The highest BCUT2D eigenvalue weighted by Gasteiger charge is 2.11. The van der Waals surface area contributed by atoms with E-state index in [0.717, 1.165) is 31.4 Å². The summed E-state index contributed by atoms with van der Waals surface area (Å²) in [6.45, 7) is 7.33. The summed E-state index contributed by atoms with van der Waals surface area (Å²) in [7, 11) is 0. The van der Waals surface area contributed by atoms with Crippen LogP contribution in [-0.2, 0) is 25.9 Å². The standard InChI is InChI=1S/C27H32O2/c1-4-23-17-21(7-6-16-28)12-14-26(23)27-15-13-25(18-24(27)5-2)29-19-22-10-8-20(3)9-11-22/h8-15,17-18,28H,4-7,16,19H2,1-3H3. The van der Waals surface area contributed by atoms with E-state index >= 15 is 0 Å². The van der Waals surface area contributed by atoms with Gasteiger partial charge in [-0.25, -0.2) is 0 Å². The Kier molecular flexibility index (Phi) is 7.48. The second-order valence-electron chi connectivity index (χ2n) is 7.62. The minimum atomic E-state index is 0.243. The summed E-state index contributed by atoms with van der Waals surface area (Å²) < 4.78 is 6.06. The predicted octanol–water partition coefficient (Wildman–Crippen LogP) is 6.29. The molecule has 0 atom stereocenters. The zero-order valence-corrected chi connectivity index (χ0v) is 17.9. The van der Waals surface area contributed by atoms with Crippen molar-refractivity contribution in [3.8, 4) is 16.9 Å². The Labute approximate surface area is 175 Å². The Morgan fingerprint density at radius 2 is 1.38 bits per heavy atom. The second-order valence-corrected chi connectivity index (χ2v) is 7.62. The Balaban J connectivity index is 1.82. The normalized spacial score (nSPS) is 10.9. The average Bonchev–Trinajstić information content (AvgIpc) is 2.77. The van der Waals surface area contributed by atoms with Crippen LogP contribution in [0.1, 0.15) is 48.1 Å². The maximum Gasteiger partial charge on any atom is 0.120 e. The number of hydrogen-bond donors (Lipinski definition) is 1. The Morgan fingerprint density at radius 3 is 2.03 bits per heavy atom.